The van der Waals surface area contributed by atoms with Crippen LogP contribution in [0, 0.1) is 11.3 Å². The second kappa shape index (κ2) is 6.94. The lowest BCUT2D eigenvalue weighted by Crippen LogP contribution is -2.44. The number of hydrogen-bond donors (Lipinski definition) is 2. The average Bonchev–Trinajstić information content (AvgIpc) is 2.62. The number of nitrogens with one attached hydrogen (secondary N) is 2. The summed E-state index contributed by atoms with van der Waals surface area (Å²) in [7, 11) is 0. The molecule has 0 amide bonds. The van der Waals surface area contributed by atoms with Crippen LogP contribution in [0.3, 0.4) is 0 Å². The Morgan fingerprint density at radius 3 is 2.40 bits per heavy atom. The first-order valence-electron chi connectivity index (χ1n) is 7.65. The van der Waals surface area contributed by atoms with Gasteiger partial charge in [0.2, 0.25) is 5.95 Å². The highest BCUT2D eigenvalue weighted by atomic mass is 19.4. The van der Waals surface area contributed by atoms with Crippen molar-refractivity contribution >= 4 is 17.5 Å². The lowest BCUT2D eigenvalue weighted by molar-refractivity contribution is -0.141. The Hall–Kier alpha value is -2.86. The van der Waals surface area contributed by atoms with Gasteiger partial charge in [-0.2, -0.15) is 23.4 Å². The van der Waals surface area contributed by atoms with Crippen molar-refractivity contribution in [1.29, 1.82) is 5.26 Å². The molecule has 2 heterocycles. The Labute approximate surface area is 142 Å². The Balaban J connectivity index is 1.92. The summed E-state index contributed by atoms with van der Waals surface area (Å²) in [6.45, 7) is 2.41. The molecule has 1 aliphatic rings. The van der Waals surface area contributed by atoms with Crippen LogP contribution in [0.2, 0.25) is 0 Å². The number of aromatic nitrogens is 2. The first-order valence-corrected chi connectivity index (χ1v) is 7.65. The quantitative estimate of drug-likeness (QED) is 0.888. The molecule has 6 nitrogen and oxygen atoms in total. The predicted molar refractivity (Wildman–Crippen MR) is 86.6 cm³/mol. The van der Waals surface area contributed by atoms with Crippen LogP contribution in [0.5, 0.6) is 0 Å². The Bertz CT molecular complexity index is 776. The van der Waals surface area contributed by atoms with Crippen molar-refractivity contribution in [3.05, 3.63) is 41.6 Å². The van der Waals surface area contributed by atoms with E-state index in [1.54, 1.807) is 29.2 Å². The standard InChI is InChI=1S/C16H15F3N6/c17-16(18,19)13-9-14(22-12-3-1-11(10-20)2-4-12)24-15(23-13)25-7-5-21-6-8-25/h1-4,9,21H,5-8H2,(H,22,23,24). The maximum atomic E-state index is 13.2. The zero-order chi connectivity index (χ0) is 17.9. The number of benzene rings is 1. The summed E-state index contributed by atoms with van der Waals surface area (Å²) in [5.41, 5.74) is 0.00925. The zero-order valence-electron chi connectivity index (χ0n) is 13.1. The van der Waals surface area contributed by atoms with Crippen LogP contribution in [0.4, 0.5) is 30.6 Å². The number of hydrogen-bond acceptors (Lipinski definition) is 6. The van der Waals surface area contributed by atoms with E-state index >= 15 is 0 Å². The van der Waals surface area contributed by atoms with Gasteiger partial charge in [-0.15, -0.1) is 0 Å². The number of nitrogens with zero attached hydrogens (tertiary/aromatic N) is 4. The van der Waals surface area contributed by atoms with E-state index in [0.29, 0.717) is 37.4 Å². The van der Waals surface area contributed by atoms with Crippen LogP contribution < -0.4 is 15.5 Å². The molecule has 0 spiro atoms. The molecule has 2 aromatic rings. The minimum atomic E-state index is -4.56. The molecule has 1 saturated heterocycles. The highest BCUT2D eigenvalue weighted by Crippen LogP contribution is 2.31. The monoisotopic (exact) mass is 348 g/mol. The van der Waals surface area contributed by atoms with Crippen molar-refractivity contribution in [2.45, 2.75) is 6.18 Å². The molecule has 0 bridgehead atoms. The van der Waals surface area contributed by atoms with Gasteiger partial charge in [0.25, 0.3) is 0 Å². The van der Waals surface area contributed by atoms with Crippen molar-refractivity contribution in [2.75, 3.05) is 36.4 Å². The van der Waals surface area contributed by atoms with E-state index in [2.05, 4.69) is 20.6 Å². The van der Waals surface area contributed by atoms with Crippen LogP contribution in [0.1, 0.15) is 11.3 Å². The number of rotatable bonds is 3. The molecule has 25 heavy (non-hydrogen) atoms. The number of nitriles is 1. The molecular weight excluding hydrogens is 333 g/mol. The van der Waals surface area contributed by atoms with E-state index in [9.17, 15) is 13.2 Å². The van der Waals surface area contributed by atoms with Crippen molar-refractivity contribution in [1.82, 2.24) is 15.3 Å². The molecule has 0 radical (unpaired) electrons. The largest absolute Gasteiger partial charge is 0.433 e. The van der Waals surface area contributed by atoms with Crippen molar-refractivity contribution in [3.63, 3.8) is 0 Å². The molecule has 0 atom stereocenters. The predicted octanol–water partition coefficient (Wildman–Crippen LogP) is 2.52. The van der Waals surface area contributed by atoms with Gasteiger partial charge in [-0.25, -0.2) is 4.98 Å². The van der Waals surface area contributed by atoms with E-state index in [1.165, 1.54) is 0 Å². The fraction of sp³-hybridized carbons (Fsp3) is 0.312. The summed E-state index contributed by atoms with van der Waals surface area (Å²) in [6, 6.07) is 9.23. The lowest BCUT2D eigenvalue weighted by Gasteiger charge is -2.28. The lowest BCUT2D eigenvalue weighted by atomic mass is 10.2. The smallest absolute Gasteiger partial charge is 0.340 e. The van der Waals surface area contributed by atoms with Gasteiger partial charge in [0.05, 0.1) is 11.6 Å². The second-order valence-electron chi connectivity index (χ2n) is 5.49. The molecule has 9 heteroatoms. The average molecular weight is 348 g/mol. The third kappa shape index (κ3) is 4.16. The van der Waals surface area contributed by atoms with Gasteiger partial charge in [-0.05, 0) is 24.3 Å². The molecule has 1 aliphatic heterocycles. The SMILES string of the molecule is N#Cc1ccc(Nc2cc(C(F)(F)F)nc(N3CCNCC3)n2)cc1. The van der Waals surface area contributed by atoms with Crippen molar-refractivity contribution < 1.29 is 13.2 Å². The number of anilines is 3. The van der Waals surface area contributed by atoms with Crippen molar-refractivity contribution in [3.8, 4) is 6.07 Å². The maximum Gasteiger partial charge on any atom is 0.433 e. The molecule has 3 rings (SSSR count). The van der Waals surface area contributed by atoms with Gasteiger partial charge in [0, 0.05) is 37.9 Å². The van der Waals surface area contributed by atoms with Gasteiger partial charge >= 0.3 is 6.18 Å². The maximum absolute atomic E-state index is 13.2. The molecule has 1 aromatic carbocycles. The number of alkyl halides is 3. The normalized spacial score (nSPS) is 14.9. The Kier molecular flexibility index (Phi) is 4.72. The minimum Gasteiger partial charge on any atom is -0.340 e. The fourth-order valence-corrected chi connectivity index (χ4v) is 2.43. The van der Waals surface area contributed by atoms with Gasteiger partial charge in [-0.1, -0.05) is 0 Å². The highest BCUT2D eigenvalue weighted by Gasteiger charge is 2.34. The van der Waals surface area contributed by atoms with Gasteiger partial charge in [0.1, 0.15) is 5.82 Å². The van der Waals surface area contributed by atoms with Crippen LogP contribution in [-0.4, -0.2) is 36.1 Å². The van der Waals surface area contributed by atoms with E-state index in [1.807, 2.05) is 6.07 Å². The molecule has 0 aliphatic carbocycles. The topological polar surface area (TPSA) is 76.9 Å². The van der Waals surface area contributed by atoms with Crippen LogP contribution in [-0.2, 0) is 6.18 Å². The molecular formula is C16H15F3N6. The van der Waals surface area contributed by atoms with E-state index in [-0.39, 0.29) is 11.8 Å². The van der Waals surface area contributed by atoms with Gasteiger partial charge in [-0.3, -0.25) is 0 Å². The molecule has 130 valence electrons. The van der Waals surface area contributed by atoms with Gasteiger partial charge < -0.3 is 15.5 Å². The van der Waals surface area contributed by atoms with E-state index in [0.717, 1.165) is 6.07 Å². The summed E-state index contributed by atoms with van der Waals surface area (Å²) >= 11 is 0. The van der Waals surface area contributed by atoms with Crippen LogP contribution in [0.15, 0.2) is 30.3 Å². The molecule has 1 aromatic heterocycles. The molecule has 0 saturated carbocycles. The zero-order valence-corrected chi connectivity index (χ0v) is 13.1. The third-order valence-electron chi connectivity index (χ3n) is 3.69. The summed E-state index contributed by atoms with van der Waals surface area (Å²) in [4.78, 5) is 9.61. The Morgan fingerprint density at radius 2 is 1.80 bits per heavy atom. The summed E-state index contributed by atoms with van der Waals surface area (Å²) in [6.07, 6.45) is -4.56. The summed E-state index contributed by atoms with van der Waals surface area (Å²) < 4.78 is 39.5. The Morgan fingerprint density at radius 1 is 1.12 bits per heavy atom. The highest BCUT2D eigenvalue weighted by molar-refractivity contribution is 5.59. The summed E-state index contributed by atoms with van der Waals surface area (Å²) in [5, 5.41) is 14.8. The summed E-state index contributed by atoms with van der Waals surface area (Å²) in [5.74, 6) is 0.105. The van der Waals surface area contributed by atoms with Crippen molar-refractivity contribution in [2.24, 2.45) is 0 Å². The number of piperazine rings is 1. The molecule has 1 fully saturated rings. The van der Waals surface area contributed by atoms with E-state index < -0.39 is 11.9 Å². The van der Waals surface area contributed by atoms with Crippen LogP contribution in [0.25, 0.3) is 0 Å². The first-order chi connectivity index (χ1) is 12.0. The minimum absolute atomic E-state index is 0.0486. The third-order valence-corrected chi connectivity index (χ3v) is 3.69. The molecule has 2 N–H and O–H groups in total. The second-order valence-corrected chi connectivity index (χ2v) is 5.49. The van der Waals surface area contributed by atoms with E-state index in [4.69, 9.17) is 5.26 Å². The van der Waals surface area contributed by atoms with Crippen LogP contribution >= 0.6 is 0 Å². The first kappa shape index (κ1) is 17.0. The fourth-order valence-electron chi connectivity index (χ4n) is 2.43. The molecule has 0 unspecified atom stereocenters. The number of halogens is 3. The van der Waals surface area contributed by atoms with Gasteiger partial charge in [0.15, 0.2) is 5.69 Å².